The smallest absolute Gasteiger partial charge is 0.283 e. The molecule has 0 radical (unpaired) electrons. The number of halogens is 1. The minimum Gasteiger partial charge on any atom is -0.283 e. The molecular formula is C27H21ClN4O2. The molecule has 0 saturated heterocycles. The first-order valence-corrected chi connectivity index (χ1v) is 11.1. The van der Waals surface area contributed by atoms with E-state index in [1.165, 1.54) is 4.90 Å². The van der Waals surface area contributed by atoms with Crippen molar-refractivity contribution in [1.82, 2.24) is 9.36 Å². The van der Waals surface area contributed by atoms with Crippen molar-refractivity contribution in [2.75, 3.05) is 4.90 Å². The van der Waals surface area contributed by atoms with Crippen LogP contribution in [-0.2, 0) is 11.8 Å². The molecule has 0 unspecified atom stereocenters. The second-order valence-electron chi connectivity index (χ2n) is 7.94. The molecule has 1 aliphatic rings. The van der Waals surface area contributed by atoms with Gasteiger partial charge in [0, 0.05) is 17.6 Å². The van der Waals surface area contributed by atoms with E-state index in [1.54, 1.807) is 34.6 Å². The molecular weight excluding hydrogens is 448 g/mol. The number of aliphatic imine (C=N–C) groups is 1. The van der Waals surface area contributed by atoms with Gasteiger partial charge in [-0.3, -0.25) is 19.2 Å². The molecule has 0 saturated carbocycles. The lowest BCUT2D eigenvalue weighted by molar-refractivity contribution is -0.113. The highest BCUT2D eigenvalue weighted by Crippen LogP contribution is 2.29. The summed E-state index contributed by atoms with van der Waals surface area (Å²) in [7, 11) is 1.80. The van der Waals surface area contributed by atoms with E-state index in [0.717, 1.165) is 11.1 Å². The van der Waals surface area contributed by atoms with Crippen molar-refractivity contribution in [3.63, 3.8) is 0 Å². The molecule has 0 fully saturated rings. The van der Waals surface area contributed by atoms with Crippen LogP contribution in [0.2, 0.25) is 5.02 Å². The minimum absolute atomic E-state index is 0.232. The number of hydrogen-bond acceptors (Lipinski definition) is 3. The lowest BCUT2D eigenvalue weighted by Crippen LogP contribution is -2.36. The molecule has 0 N–H and O–H groups in total. The second-order valence-corrected chi connectivity index (χ2v) is 8.37. The fraction of sp³-hybridized carbons (Fsp3) is 0.0741. The molecule has 0 atom stereocenters. The van der Waals surface area contributed by atoms with Crippen molar-refractivity contribution in [3.05, 3.63) is 123 Å². The highest BCUT2D eigenvalue weighted by atomic mass is 35.5. The first-order chi connectivity index (χ1) is 16.5. The maximum Gasteiger partial charge on any atom is 0.296 e. The molecule has 4 aromatic rings. The van der Waals surface area contributed by atoms with E-state index in [0.29, 0.717) is 22.2 Å². The number of nitrogens with zero attached hydrogens (tertiary/aromatic N) is 4. The van der Waals surface area contributed by atoms with E-state index in [4.69, 9.17) is 11.6 Å². The third-order valence-corrected chi connectivity index (χ3v) is 6.03. The SMILES string of the molecule is Cc1c(N2C(=O)/C(=C\c3cccc(Cl)c3)N=C2c2ccccc2)c(=O)n(-c2ccccc2)n1C. The van der Waals surface area contributed by atoms with E-state index in [9.17, 15) is 9.59 Å². The van der Waals surface area contributed by atoms with Crippen LogP contribution in [0, 0.1) is 6.92 Å². The fourth-order valence-corrected chi connectivity index (χ4v) is 4.27. The Kier molecular flexibility index (Phi) is 5.51. The fourth-order valence-electron chi connectivity index (χ4n) is 4.07. The summed E-state index contributed by atoms with van der Waals surface area (Å²) in [5.41, 5.74) is 3.05. The quantitative estimate of drug-likeness (QED) is 0.397. The van der Waals surface area contributed by atoms with Crippen molar-refractivity contribution < 1.29 is 4.79 Å². The van der Waals surface area contributed by atoms with Gasteiger partial charge in [-0.15, -0.1) is 0 Å². The molecule has 0 aliphatic carbocycles. The Morgan fingerprint density at radius 3 is 2.24 bits per heavy atom. The van der Waals surface area contributed by atoms with Gasteiger partial charge >= 0.3 is 0 Å². The van der Waals surface area contributed by atoms with Gasteiger partial charge in [0.15, 0.2) is 0 Å². The molecule has 1 aromatic heterocycles. The monoisotopic (exact) mass is 468 g/mol. The van der Waals surface area contributed by atoms with Crippen LogP contribution in [-0.4, -0.2) is 21.1 Å². The number of rotatable bonds is 4. The Morgan fingerprint density at radius 1 is 0.882 bits per heavy atom. The van der Waals surface area contributed by atoms with Gasteiger partial charge in [0.2, 0.25) is 0 Å². The number of para-hydroxylation sites is 1. The van der Waals surface area contributed by atoms with Gasteiger partial charge in [0.05, 0.1) is 11.4 Å². The zero-order valence-corrected chi connectivity index (χ0v) is 19.4. The Morgan fingerprint density at radius 2 is 1.56 bits per heavy atom. The maximum atomic E-state index is 13.7. The van der Waals surface area contributed by atoms with Crippen LogP contribution >= 0.6 is 11.6 Å². The van der Waals surface area contributed by atoms with Gasteiger partial charge in [-0.05, 0) is 42.8 Å². The summed E-state index contributed by atoms with van der Waals surface area (Å²) in [5.74, 6) is 0.0368. The van der Waals surface area contributed by atoms with Crippen LogP contribution in [0.5, 0.6) is 0 Å². The van der Waals surface area contributed by atoms with Crippen LogP contribution < -0.4 is 10.5 Å². The van der Waals surface area contributed by atoms with Crippen molar-refractivity contribution in [2.45, 2.75) is 6.92 Å². The number of carbonyl (C=O) groups is 1. The summed E-state index contributed by atoms with van der Waals surface area (Å²) >= 11 is 6.13. The van der Waals surface area contributed by atoms with Gasteiger partial charge in [-0.25, -0.2) is 9.67 Å². The maximum absolute atomic E-state index is 13.7. The van der Waals surface area contributed by atoms with Gasteiger partial charge < -0.3 is 0 Å². The molecule has 2 heterocycles. The Bertz CT molecular complexity index is 1520. The van der Waals surface area contributed by atoms with Crippen molar-refractivity contribution in [1.29, 1.82) is 0 Å². The lowest BCUT2D eigenvalue weighted by atomic mass is 10.1. The van der Waals surface area contributed by atoms with Gasteiger partial charge in [-0.2, -0.15) is 0 Å². The molecule has 0 bridgehead atoms. The summed E-state index contributed by atoms with van der Waals surface area (Å²) in [6, 6.07) is 25.9. The molecule has 168 valence electrons. The number of carbonyl (C=O) groups excluding carboxylic acids is 1. The molecule has 7 heteroatoms. The first-order valence-electron chi connectivity index (χ1n) is 10.8. The third-order valence-electron chi connectivity index (χ3n) is 5.79. The Hall–Kier alpha value is -4.16. The number of amidine groups is 1. The standard InChI is InChI=1S/C27H21ClN4O2/c1-18-24(27(34)32(30(18)2)22-14-7-4-8-15-22)31-25(20-11-5-3-6-12-20)29-23(26(31)33)17-19-10-9-13-21(28)16-19/h3-17H,1-2H3/b23-17+. The summed E-state index contributed by atoms with van der Waals surface area (Å²) in [5, 5.41) is 0.563. The normalized spacial score (nSPS) is 14.7. The Labute approximate surface area is 201 Å². The van der Waals surface area contributed by atoms with Gasteiger partial charge in [0.1, 0.15) is 17.2 Å². The average molecular weight is 469 g/mol. The minimum atomic E-state index is -0.371. The number of benzene rings is 3. The molecule has 3 aromatic carbocycles. The van der Waals surface area contributed by atoms with Crippen molar-refractivity contribution in [2.24, 2.45) is 12.0 Å². The average Bonchev–Trinajstić information content (AvgIpc) is 3.27. The molecule has 1 amide bonds. The number of aromatic nitrogens is 2. The highest BCUT2D eigenvalue weighted by Gasteiger charge is 2.37. The lowest BCUT2D eigenvalue weighted by Gasteiger charge is -2.17. The zero-order chi connectivity index (χ0) is 23.8. The largest absolute Gasteiger partial charge is 0.296 e. The van der Waals surface area contributed by atoms with Crippen molar-refractivity contribution >= 4 is 35.1 Å². The van der Waals surface area contributed by atoms with Crippen LogP contribution in [0.25, 0.3) is 11.8 Å². The zero-order valence-electron chi connectivity index (χ0n) is 18.6. The first kappa shape index (κ1) is 21.7. The van der Waals surface area contributed by atoms with E-state index >= 15 is 0 Å². The van der Waals surface area contributed by atoms with Crippen LogP contribution in [0.1, 0.15) is 16.8 Å². The molecule has 0 spiro atoms. The van der Waals surface area contributed by atoms with E-state index in [1.807, 2.05) is 79.7 Å². The third kappa shape index (κ3) is 3.68. The number of anilines is 1. The summed E-state index contributed by atoms with van der Waals surface area (Å²) in [6.45, 7) is 1.82. The van der Waals surface area contributed by atoms with Crippen LogP contribution in [0.3, 0.4) is 0 Å². The molecule has 1 aliphatic heterocycles. The van der Waals surface area contributed by atoms with E-state index in [-0.39, 0.29) is 22.9 Å². The van der Waals surface area contributed by atoms with E-state index in [2.05, 4.69) is 4.99 Å². The second kappa shape index (κ2) is 8.65. The topological polar surface area (TPSA) is 59.6 Å². The van der Waals surface area contributed by atoms with Gasteiger partial charge in [-0.1, -0.05) is 72.3 Å². The number of hydrogen-bond donors (Lipinski definition) is 0. The van der Waals surface area contributed by atoms with Gasteiger partial charge in [0.25, 0.3) is 11.5 Å². The highest BCUT2D eigenvalue weighted by molar-refractivity contribution is 6.33. The number of amides is 1. The predicted octanol–water partition coefficient (Wildman–Crippen LogP) is 4.97. The van der Waals surface area contributed by atoms with E-state index < -0.39 is 0 Å². The predicted molar refractivity (Wildman–Crippen MR) is 136 cm³/mol. The molecule has 6 nitrogen and oxygen atoms in total. The summed E-state index contributed by atoms with van der Waals surface area (Å²) in [4.78, 5) is 33.5. The van der Waals surface area contributed by atoms with Crippen molar-refractivity contribution in [3.8, 4) is 5.69 Å². The molecule has 5 rings (SSSR count). The van der Waals surface area contributed by atoms with Crippen LogP contribution in [0.4, 0.5) is 5.69 Å². The Balaban J connectivity index is 1.70. The summed E-state index contributed by atoms with van der Waals surface area (Å²) in [6.07, 6.45) is 1.69. The van der Waals surface area contributed by atoms with Crippen LogP contribution in [0.15, 0.2) is 100 Å². The summed E-state index contributed by atoms with van der Waals surface area (Å²) < 4.78 is 3.31. The molecule has 34 heavy (non-hydrogen) atoms.